The summed E-state index contributed by atoms with van der Waals surface area (Å²) in [4.78, 5) is 11.9. The smallest absolute Gasteiger partial charge is 0.273 e. The first kappa shape index (κ1) is 18.7. The molecule has 2 heterocycles. The quantitative estimate of drug-likeness (QED) is 0.741. The van der Waals surface area contributed by atoms with E-state index in [0.29, 0.717) is 15.6 Å². The van der Waals surface area contributed by atoms with Gasteiger partial charge in [0.2, 0.25) is 0 Å². The lowest BCUT2D eigenvalue weighted by Crippen LogP contribution is -2.39. The molecule has 1 unspecified atom stereocenters. The fourth-order valence-corrected chi connectivity index (χ4v) is 4.99. The number of anilines is 1. The normalized spacial score (nSPS) is 17.0. The highest BCUT2D eigenvalue weighted by Crippen LogP contribution is 2.26. The van der Waals surface area contributed by atoms with Crippen LogP contribution in [-0.4, -0.2) is 47.1 Å². The van der Waals surface area contributed by atoms with Gasteiger partial charge >= 0.3 is 0 Å². The summed E-state index contributed by atoms with van der Waals surface area (Å²) in [6, 6.07) is 10.0. The van der Waals surface area contributed by atoms with E-state index >= 15 is 0 Å². The molecule has 9 heteroatoms. The number of hydrogen-bond donors (Lipinski definition) is 2. The van der Waals surface area contributed by atoms with Crippen LogP contribution in [0.3, 0.4) is 0 Å². The van der Waals surface area contributed by atoms with E-state index in [1.54, 1.807) is 41.8 Å². The Kier molecular flexibility index (Phi) is 5.80. The molecule has 2 aromatic rings. The van der Waals surface area contributed by atoms with Crippen LogP contribution in [0.4, 0.5) is 5.69 Å². The molecule has 0 spiro atoms. The summed E-state index contributed by atoms with van der Waals surface area (Å²) in [5, 5.41) is 7.81. The van der Waals surface area contributed by atoms with Crippen molar-refractivity contribution < 1.29 is 17.9 Å². The molecule has 7 nitrogen and oxygen atoms in total. The van der Waals surface area contributed by atoms with E-state index in [1.165, 1.54) is 22.7 Å². The van der Waals surface area contributed by atoms with Gasteiger partial charge in [-0.2, -0.15) is 0 Å². The molecule has 0 bridgehead atoms. The van der Waals surface area contributed by atoms with Crippen LogP contribution < -0.4 is 19.7 Å². The summed E-state index contributed by atoms with van der Waals surface area (Å²) >= 11 is 1.18. The number of ether oxygens (including phenoxy) is 1. The summed E-state index contributed by atoms with van der Waals surface area (Å²) in [6.45, 7) is 1.62. The average molecular weight is 396 g/mol. The van der Waals surface area contributed by atoms with Crippen LogP contribution in [0.1, 0.15) is 6.42 Å². The zero-order valence-corrected chi connectivity index (χ0v) is 16.0. The first-order chi connectivity index (χ1) is 12.5. The minimum Gasteiger partial charge on any atom is -0.484 e. The second-order valence-electron chi connectivity index (χ2n) is 5.94. The van der Waals surface area contributed by atoms with Crippen molar-refractivity contribution in [1.29, 1.82) is 0 Å². The standard InChI is InChI=1S/C17H21N3O4S2/c1-20(26(22,23)17-3-2-10-25-17)14-4-6-15(7-5-14)24-12-16(21)19-13-8-9-18-11-13/h2-7,10,13,18H,8-9,11-12H2,1H3,(H,19,21). The zero-order chi connectivity index (χ0) is 18.6. The van der Waals surface area contributed by atoms with E-state index in [0.717, 1.165) is 19.5 Å². The van der Waals surface area contributed by atoms with Crippen molar-refractivity contribution >= 4 is 33.0 Å². The zero-order valence-electron chi connectivity index (χ0n) is 14.3. The second kappa shape index (κ2) is 8.07. The highest BCUT2D eigenvalue weighted by Gasteiger charge is 2.22. The van der Waals surface area contributed by atoms with Crippen LogP contribution in [0.25, 0.3) is 0 Å². The van der Waals surface area contributed by atoms with Gasteiger partial charge in [-0.05, 0) is 48.7 Å². The number of benzene rings is 1. The summed E-state index contributed by atoms with van der Waals surface area (Å²) in [5.74, 6) is 0.343. The Hall–Kier alpha value is -2.10. The topological polar surface area (TPSA) is 87.7 Å². The van der Waals surface area contributed by atoms with Gasteiger partial charge in [0.05, 0.1) is 5.69 Å². The first-order valence-electron chi connectivity index (χ1n) is 8.22. The van der Waals surface area contributed by atoms with Crippen molar-refractivity contribution in [1.82, 2.24) is 10.6 Å². The summed E-state index contributed by atoms with van der Waals surface area (Å²) in [7, 11) is -2.05. The van der Waals surface area contributed by atoms with Crippen LogP contribution in [0.2, 0.25) is 0 Å². The maximum Gasteiger partial charge on any atom is 0.273 e. The van der Waals surface area contributed by atoms with E-state index in [4.69, 9.17) is 4.74 Å². The Morgan fingerprint density at radius 3 is 2.73 bits per heavy atom. The molecule has 0 aliphatic carbocycles. The number of amides is 1. The molecule has 3 rings (SSSR count). The van der Waals surface area contributed by atoms with Crippen molar-refractivity contribution in [2.24, 2.45) is 0 Å². The van der Waals surface area contributed by atoms with Gasteiger partial charge in [-0.25, -0.2) is 8.42 Å². The van der Waals surface area contributed by atoms with Gasteiger partial charge in [-0.3, -0.25) is 9.10 Å². The minimum absolute atomic E-state index is 0.0703. The van der Waals surface area contributed by atoms with Crippen LogP contribution in [-0.2, 0) is 14.8 Å². The number of sulfonamides is 1. The molecule has 1 aliphatic rings. The average Bonchev–Trinajstić information content (AvgIpc) is 3.34. The first-order valence-corrected chi connectivity index (χ1v) is 10.5. The van der Waals surface area contributed by atoms with Gasteiger partial charge in [0.15, 0.2) is 6.61 Å². The van der Waals surface area contributed by atoms with E-state index in [-0.39, 0.29) is 18.6 Å². The van der Waals surface area contributed by atoms with Gasteiger partial charge in [0, 0.05) is 19.6 Å². The summed E-state index contributed by atoms with van der Waals surface area (Å²) in [5.41, 5.74) is 0.521. The Balaban J connectivity index is 1.57. The fourth-order valence-electron chi connectivity index (χ4n) is 2.63. The molecular formula is C17H21N3O4S2. The van der Waals surface area contributed by atoms with Gasteiger partial charge in [-0.15, -0.1) is 11.3 Å². The van der Waals surface area contributed by atoms with Gasteiger partial charge < -0.3 is 15.4 Å². The van der Waals surface area contributed by atoms with Gasteiger partial charge in [-0.1, -0.05) is 6.07 Å². The monoisotopic (exact) mass is 395 g/mol. The number of carbonyl (C=O) groups is 1. The highest BCUT2D eigenvalue weighted by molar-refractivity contribution is 7.94. The van der Waals surface area contributed by atoms with E-state index in [1.807, 2.05) is 0 Å². The summed E-state index contributed by atoms with van der Waals surface area (Å²) < 4.78 is 32.0. The maximum absolute atomic E-state index is 12.5. The Morgan fingerprint density at radius 1 is 1.35 bits per heavy atom. The molecule has 1 aliphatic heterocycles. The largest absolute Gasteiger partial charge is 0.484 e. The molecule has 26 heavy (non-hydrogen) atoms. The molecule has 1 saturated heterocycles. The van der Waals surface area contributed by atoms with Crippen molar-refractivity contribution in [3.05, 3.63) is 41.8 Å². The molecule has 1 aromatic carbocycles. The van der Waals surface area contributed by atoms with Crippen molar-refractivity contribution in [3.8, 4) is 5.75 Å². The number of hydrogen-bond acceptors (Lipinski definition) is 6. The Labute approximate surface area is 157 Å². The predicted octanol–water partition coefficient (Wildman–Crippen LogP) is 1.43. The lowest BCUT2D eigenvalue weighted by atomic mass is 10.2. The van der Waals surface area contributed by atoms with E-state index < -0.39 is 10.0 Å². The number of nitrogens with one attached hydrogen (secondary N) is 2. The third kappa shape index (κ3) is 4.35. The maximum atomic E-state index is 12.5. The number of thiophene rings is 1. The molecule has 0 saturated carbocycles. The van der Waals surface area contributed by atoms with E-state index in [9.17, 15) is 13.2 Å². The molecule has 140 valence electrons. The van der Waals surface area contributed by atoms with Crippen LogP contribution in [0, 0.1) is 0 Å². The highest BCUT2D eigenvalue weighted by atomic mass is 32.2. The lowest BCUT2D eigenvalue weighted by molar-refractivity contribution is -0.123. The van der Waals surface area contributed by atoms with Crippen LogP contribution in [0.15, 0.2) is 46.0 Å². The molecule has 0 radical (unpaired) electrons. The summed E-state index contributed by atoms with van der Waals surface area (Å²) in [6.07, 6.45) is 0.922. The molecule has 1 fully saturated rings. The Bertz CT molecular complexity index is 829. The Morgan fingerprint density at radius 2 is 2.12 bits per heavy atom. The van der Waals surface area contributed by atoms with Crippen LogP contribution in [0.5, 0.6) is 5.75 Å². The van der Waals surface area contributed by atoms with Crippen molar-refractivity contribution in [3.63, 3.8) is 0 Å². The third-order valence-electron chi connectivity index (χ3n) is 4.11. The number of carbonyl (C=O) groups excluding carboxylic acids is 1. The van der Waals surface area contributed by atoms with Gasteiger partial charge in [0.25, 0.3) is 15.9 Å². The van der Waals surface area contributed by atoms with Crippen molar-refractivity contribution in [2.75, 3.05) is 31.0 Å². The minimum atomic E-state index is -3.56. The number of nitrogens with zero attached hydrogens (tertiary/aromatic N) is 1. The number of rotatable bonds is 7. The third-order valence-corrected chi connectivity index (χ3v) is 7.26. The lowest BCUT2D eigenvalue weighted by Gasteiger charge is -2.18. The molecule has 1 atom stereocenters. The molecular weight excluding hydrogens is 374 g/mol. The second-order valence-corrected chi connectivity index (χ2v) is 9.09. The molecule has 2 N–H and O–H groups in total. The molecule has 1 aromatic heterocycles. The van der Waals surface area contributed by atoms with Gasteiger partial charge in [0.1, 0.15) is 9.96 Å². The van der Waals surface area contributed by atoms with Crippen LogP contribution >= 0.6 is 11.3 Å². The molecule has 1 amide bonds. The predicted molar refractivity (Wildman–Crippen MR) is 101 cm³/mol. The SMILES string of the molecule is CN(c1ccc(OCC(=O)NC2CCNC2)cc1)S(=O)(=O)c1cccs1. The van der Waals surface area contributed by atoms with E-state index in [2.05, 4.69) is 10.6 Å². The van der Waals surface area contributed by atoms with Crippen molar-refractivity contribution in [2.45, 2.75) is 16.7 Å². The fraction of sp³-hybridized carbons (Fsp3) is 0.353.